The van der Waals surface area contributed by atoms with Crippen LogP contribution in [0.1, 0.15) is 38.3 Å². The number of hydrogen-bond donors (Lipinski definition) is 1. The molecule has 2 heterocycles. The fraction of sp³-hybridized carbons (Fsp3) is 0.417. The van der Waals surface area contributed by atoms with Gasteiger partial charge >= 0.3 is 6.03 Å². The molecule has 0 radical (unpaired) electrons. The van der Waals surface area contributed by atoms with E-state index < -0.39 is 0 Å². The second kappa shape index (κ2) is 9.18. The zero-order valence-corrected chi connectivity index (χ0v) is 18.6. The highest BCUT2D eigenvalue weighted by molar-refractivity contribution is 6.31. The van der Waals surface area contributed by atoms with Gasteiger partial charge in [-0.2, -0.15) is 0 Å². The second-order valence-electron chi connectivity index (χ2n) is 8.34. The number of urea groups is 1. The molecule has 2 aromatic rings. The fourth-order valence-electron chi connectivity index (χ4n) is 4.25. The van der Waals surface area contributed by atoms with E-state index >= 15 is 0 Å². The Hall–Kier alpha value is -2.73. The lowest BCUT2D eigenvalue weighted by atomic mass is 9.95. The van der Waals surface area contributed by atoms with E-state index in [9.17, 15) is 9.59 Å². The zero-order chi connectivity index (χ0) is 22.0. The number of rotatable bonds is 3. The predicted octanol–water partition coefficient (Wildman–Crippen LogP) is 4.64. The number of nitrogens with one attached hydrogen (secondary N) is 1. The van der Waals surface area contributed by atoms with Crippen LogP contribution in [0.5, 0.6) is 5.75 Å². The third-order valence-electron chi connectivity index (χ3n) is 6.01. The Bertz CT molecular complexity index is 944. The summed E-state index contributed by atoms with van der Waals surface area (Å²) >= 11 is 6.16. The molecule has 3 amide bonds. The summed E-state index contributed by atoms with van der Waals surface area (Å²) in [6.07, 6.45) is 1.21. The van der Waals surface area contributed by atoms with E-state index in [2.05, 4.69) is 5.32 Å². The van der Waals surface area contributed by atoms with Crippen molar-refractivity contribution in [3.8, 4) is 5.75 Å². The minimum absolute atomic E-state index is 0.0375. The van der Waals surface area contributed by atoms with Gasteiger partial charge in [0, 0.05) is 24.0 Å². The van der Waals surface area contributed by atoms with Gasteiger partial charge in [0.1, 0.15) is 11.9 Å². The van der Waals surface area contributed by atoms with Crippen LogP contribution in [0.3, 0.4) is 0 Å². The maximum absolute atomic E-state index is 13.3. The number of likely N-dealkylation sites (tertiary alicyclic amines) is 1. The Balaban J connectivity index is 1.36. The molecule has 1 saturated heterocycles. The van der Waals surface area contributed by atoms with E-state index in [1.54, 1.807) is 23.1 Å². The molecular formula is C24H28ClN3O3. The van der Waals surface area contributed by atoms with Crippen LogP contribution in [-0.4, -0.2) is 42.6 Å². The Morgan fingerprint density at radius 2 is 1.84 bits per heavy atom. The first-order valence-corrected chi connectivity index (χ1v) is 11.2. The summed E-state index contributed by atoms with van der Waals surface area (Å²) < 4.78 is 5.85. The average molecular weight is 442 g/mol. The largest absolute Gasteiger partial charge is 0.487 e. The van der Waals surface area contributed by atoms with Crippen LogP contribution in [0.25, 0.3) is 0 Å². The molecular weight excluding hydrogens is 414 g/mol. The molecule has 1 N–H and O–H groups in total. The Morgan fingerprint density at radius 1 is 1.13 bits per heavy atom. The maximum Gasteiger partial charge on any atom is 0.324 e. The van der Waals surface area contributed by atoms with Gasteiger partial charge in [0.2, 0.25) is 5.91 Å². The molecule has 1 fully saturated rings. The molecule has 4 rings (SSSR count). The van der Waals surface area contributed by atoms with Gasteiger partial charge in [-0.3, -0.25) is 9.69 Å². The molecule has 31 heavy (non-hydrogen) atoms. The monoisotopic (exact) mass is 441 g/mol. The normalized spacial score (nSPS) is 19.9. The van der Waals surface area contributed by atoms with Gasteiger partial charge in [-0.1, -0.05) is 41.9 Å². The van der Waals surface area contributed by atoms with Crippen LogP contribution in [0.2, 0.25) is 5.02 Å². The topological polar surface area (TPSA) is 61.9 Å². The first-order valence-electron chi connectivity index (χ1n) is 10.8. The summed E-state index contributed by atoms with van der Waals surface area (Å²) in [5.74, 6) is 0.641. The number of carbonyl (C=O) groups is 2. The van der Waals surface area contributed by atoms with Crippen molar-refractivity contribution in [1.82, 2.24) is 10.2 Å². The second-order valence-corrected chi connectivity index (χ2v) is 8.77. The molecule has 2 atom stereocenters. The average Bonchev–Trinajstić information content (AvgIpc) is 2.79. The van der Waals surface area contributed by atoms with Crippen molar-refractivity contribution < 1.29 is 14.3 Å². The third kappa shape index (κ3) is 4.79. The van der Waals surface area contributed by atoms with Crippen LogP contribution in [-0.2, 0) is 4.79 Å². The number of carbonyl (C=O) groups excluding carboxylic acids is 2. The van der Waals surface area contributed by atoms with Crippen molar-refractivity contribution in [3.63, 3.8) is 0 Å². The molecule has 164 valence electrons. The Kier molecular flexibility index (Phi) is 6.37. The lowest BCUT2D eigenvalue weighted by Crippen LogP contribution is -2.52. The molecule has 2 aliphatic heterocycles. The summed E-state index contributed by atoms with van der Waals surface area (Å²) in [6.45, 7) is 5.52. The predicted molar refractivity (Wildman–Crippen MR) is 122 cm³/mol. The number of benzene rings is 2. The fourth-order valence-corrected chi connectivity index (χ4v) is 4.42. The Labute approximate surface area is 188 Å². The van der Waals surface area contributed by atoms with Crippen LogP contribution in [0.4, 0.5) is 10.5 Å². The first-order chi connectivity index (χ1) is 14.9. The van der Waals surface area contributed by atoms with Gasteiger partial charge < -0.3 is 15.0 Å². The molecule has 2 aromatic carbocycles. The first kappa shape index (κ1) is 21.5. The van der Waals surface area contributed by atoms with Crippen LogP contribution < -0.4 is 15.0 Å². The van der Waals surface area contributed by atoms with Crippen molar-refractivity contribution in [3.05, 3.63) is 59.1 Å². The van der Waals surface area contributed by atoms with Crippen molar-refractivity contribution in [1.29, 1.82) is 0 Å². The highest BCUT2D eigenvalue weighted by Crippen LogP contribution is 2.36. The summed E-state index contributed by atoms with van der Waals surface area (Å²) in [4.78, 5) is 29.6. The number of hydrogen-bond acceptors (Lipinski definition) is 3. The van der Waals surface area contributed by atoms with Gasteiger partial charge in [-0.25, -0.2) is 4.79 Å². The quantitative estimate of drug-likeness (QED) is 0.754. The van der Waals surface area contributed by atoms with Gasteiger partial charge in [-0.05, 0) is 50.5 Å². The molecule has 0 aromatic heterocycles. The number of amides is 3. The molecule has 0 bridgehead atoms. The van der Waals surface area contributed by atoms with E-state index in [0.717, 1.165) is 5.56 Å². The zero-order valence-electron chi connectivity index (χ0n) is 17.9. The summed E-state index contributed by atoms with van der Waals surface area (Å²) in [7, 11) is 0. The Morgan fingerprint density at radius 3 is 2.55 bits per heavy atom. The van der Waals surface area contributed by atoms with E-state index in [1.165, 1.54) is 0 Å². The number of halogens is 1. The van der Waals surface area contributed by atoms with Gasteiger partial charge in [0.15, 0.2) is 0 Å². The maximum atomic E-state index is 13.3. The highest BCUT2D eigenvalue weighted by Gasteiger charge is 2.34. The van der Waals surface area contributed by atoms with Crippen LogP contribution in [0, 0.1) is 5.92 Å². The van der Waals surface area contributed by atoms with E-state index in [1.807, 2.05) is 49.1 Å². The lowest BCUT2D eigenvalue weighted by molar-refractivity contribution is -0.126. The molecule has 7 heteroatoms. The van der Waals surface area contributed by atoms with E-state index in [-0.39, 0.29) is 30.0 Å². The number of piperidine rings is 1. The SMILES string of the molecule is CC1CN(C(=O)N2CCC(C(=O)NC(C)c3ccccc3)CC2)c2cc(Cl)ccc2O1. The molecule has 0 aliphatic carbocycles. The highest BCUT2D eigenvalue weighted by atomic mass is 35.5. The van der Waals surface area contributed by atoms with Crippen molar-refractivity contribution >= 4 is 29.2 Å². The van der Waals surface area contributed by atoms with Crippen LogP contribution >= 0.6 is 11.6 Å². The molecule has 2 aliphatic rings. The van der Waals surface area contributed by atoms with E-state index in [0.29, 0.717) is 48.9 Å². The standard InChI is InChI=1S/C24H28ClN3O3/c1-16-15-28(21-14-20(25)8-9-22(21)31-16)24(30)27-12-10-19(11-13-27)23(29)26-17(2)18-6-4-3-5-7-18/h3-9,14,16-17,19H,10-13,15H2,1-2H3,(H,26,29). The smallest absolute Gasteiger partial charge is 0.324 e. The molecule has 2 unspecified atom stereocenters. The van der Waals surface area contributed by atoms with Gasteiger partial charge in [0.25, 0.3) is 0 Å². The summed E-state index contributed by atoms with van der Waals surface area (Å²) in [5.41, 5.74) is 1.79. The molecule has 0 spiro atoms. The number of anilines is 1. The van der Waals surface area contributed by atoms with Crippen molar-refractivity contribution in [2.75, 3.05) is 24.5 Å². The van der Waals surface area contributed by atoms with Crippen molar-refractivity contribution in [2.24, 2.45) is 5.92 Å². The summed E-state index contributed by atoms with van der Waals surface area (Å²) in [6, 6.07) is 15.2. The van der Waals surface area contributed by atoms with E-state index in [4.69, 9.17) is 16.3 Å². The van der Waals surface area contributed by atoms with Gasteiger partial charge in [0.05, 0.1) is 18.3 Å². The number of nitrogens with zero attached hydrogens (tertiary/aromatic N) is 2. The molecule has 6 nitrogen and oxygen atoms in total. The molecule has 0 saturated carbocycles. The summed E-state index contributed by atoms with van der Waals surface area (Å²) in [5, 5.41) is 3.68. The van der Waals surface area contributed by atoms with Crippen LogP contribution in [0.15, 0.2) is 48.5 Å². The lowest BCUT2D eigenvalue weighted by Gasteiger charge is -2.39. The minimum Gasteiger partial charge on any atom is -0.487 e. The van der Waals surface area contributed by atoms with Crippen molar-refractivity contribution in [2.45, 2.75) is 38.8 Å². The number of ether oxygens (including phenoxy) is 1. The number of fused-ring (bicyclic) bond motifs is 1. The van der Waals surface area contributed by atoms with Gasteiger partial charge in [-0.15, -0.1) is 0 Å². The third-order valence-corrected chi connectivity index (χ3v) is 6.24. The minimum atomic E-state index is -0.0968.